The number of nitrogens with one attached hydrogen (secondary N) is 1. The summed E-state index contributed by atoms with van der Waals surface area (Å²) in [6.45, 7) is 1.35. The minimum Gasteiger partial charge on any atom is -0.507 e. The van der Waals surface area contributed by atoms with Crippen molar-refractivity contribution in [3.05, 3.63) is 23.8 Å². The maximum absolute atomic E-state index is 10.5. The molecule has 1 aromatic carbocycles. The van der Waals surface area contributed by atoms with Crippen LogP contribution in [0.15, 0.2) is 23.3 Å². The third-order valence-electron chi connectivity index (χ3n) is 1.66. The molecule has 5 nitrogen and oxygen atoms in total. The minimum atomic E-state index is -0.270. The molecular weight excluding hydrogens is 196 g/mol. The molecule has 0 saturated carbocycles. The molecule has 1 aromatic rings. The summed E-state index contributed by atoms with van der Waals surface area (Å²) < 4.78 is 4.98. The number of methoxy groups -OCH3 is 1. The van der Waals surface area contributed by atoms with Crippen LogP contribution in [-0.4, -0.2) is 24.3 Å². The second-order valence-corrected chi connectivity index (χ2v) is 2.85. The highest BCUT2D eigenvalue weighted by atomic mass is 16.5. The zero-order valence-electron chi connectivity index (χ0n) is 8.52. The van der Waals surface area contributed by atoms with Crippen LogP contribution in [0, 0.1) is 0 Å². The highest BCUT2D eigenvalue weighted by Crippen LogP contribution is 2.20. The van der Waals surface area contributed by atoms with E-state index in [0.29, 0.717) is 11.3 Å². The second-order valence-electron chi connectivity index (χ2n) is 2.85. The number of hydrogen-bond acceptors (Lipinski definition) is 4. The van der Waals surface area contributed by atoms with E-state index in [9.17, 15) is 9.90 Å². The number of rotatable bonds is 3. The van der Waals surface area contributed by atoms with Gasteiger partial charge in [-0.2, -0.15) is 5.10 Å². The van der Waals surface area contributed by atoms with Crippen LogP contribution in [0.1, 0.15) is 12.5 Å². The first-order valence-electron chi connectivity index (χ1n) is 4.30. The van der Waals surface area contributed by atoms with Crippen LogP contribution in [0.2, 0.25) is 0 Å². The van der Waals surface area contributed by atoms with Crippen LogP contribution < -0.4 is 10.2 Å². The van der Waals surface area contributed by atoms with E-state index in [1.807, 2.05) is 0 Å². The molecule has 0 bridgehead atoms. The van der Waals surface area contributed by atoms with Gasteiger partial charge >= 0.3 is 0 Å². The highest BCUT2D eigenvalue weighted by Gasteiger charge is 2.00. The summed E-state index contributed by atoms with van der Waals surface area (Å²) in [6.07, 6.45) is 1.35. The number of nitrogens with zero attached hydrogens (tertiary/aromatic N) is 1. The number of hydrazone groups is 1. The molecule has 0 unspecified atom stereocenters. The van der Waals surface area contributed by atoms with Gasteiger partial charge in [0, 0.05) is 12.5 Å². The van der Waals surface area contributed by atoms with Crippen molar-refractivity contribution in [1.82, 2.24) is 5.43 Å². The maximum Gasteiger partial charge on any atom is 0.236 e. The molecule has 0 aliphatic rings. The summed E-state index contributed by atoms with van der Waals surface area (Å²) in [7, 11) is 1.53. The molecule has 0 fully saturated rings. The number of phenols is 1. The van der Waals surface area contributed by atoms with Crippen molar-refractivity contribution >= 4 is 12.1 Å². The Morgan fingerprint density at radius 2 is 2.33 bits per heavy atom. The summed E-state index contributed by atoms with van der Waals surface area (Å²) in [6, 6.07) is 4.74. The van der Waals surface area contributed by atoms with Crippen molar-refractivity contribution in [1.29, 1.82) is 0 Å². The zero-order valence-corrected chi connectivity index (χ0v) is 8.52. The molecule has 0 aliphatic heterocycles. The van der Waals surface area contributed by atoms with Gasteiger partial charge in [0.1, 0.15) is 11.5 Å². The maximum atomic E-state index is 10.5. The van der Waals surface area contributed by atoms with E-state index in [1.54, 1.807) is 12.1 Å². The molecule has 0 heterocycles. The number of carbonyl (C=O) groups excluding carboxylic acids is 1. The number of benzene rings is 1. The fourth-order valence-corrected chi connectivity index (χ4v) is 0.956. The average molecular weight is 208 g/mol. The van der Waals surface area contributed by atoms with Crippen molar-refractivity contribution in [2.75, 3.05) is 7.11 Å². The third-order valence-corrected chi connectivity index (χ3v) is 1.66. The van der Waals surface area contributed by atoms with Crippen LogP contribution >= 0.6 is 0 Å². The zero-order chi connectivity index (χ0) is 11.3. The van der Waals surface area contributed by atoms with Crippen molar-refractivity contribution in [2.24, 2.45) is 5.10 Å². The lowest BCUT2D eigenvalue weighted by molar-refractivity contribution is -0.118. The largest absolute Gasteiger partial charge is 0.507 e. The quantitative estimate of drug-likeness (QED) is 0.572. The van der Waals surface area contributed by atoms with Crippen molar-refractivity contribution in [3.8, 4) is 11.5 Å². The van der Waals surface area contributed by atoms with Gasteiger partial charge < -0.3 is 9.84 Å². The Labute approximate surface area is 87.4 Å². The van der Waals surface area contributed by atoms with Gasteiger partial charge in [-0.05, 0) is 18.2 Å². The summed E-state index contributed by atoms with van der Waals surface area (Å²) in [4.78, 5) is 10.5. The first kappa shape index (κ1) is 11.0. The van der Waals surface area contributed by atoms with E-state index in [0.717, 1.165) is 0 Å². The molecule has 2 N–H and O–H groups in total. The van der Waals surface area contributed by atoms with Crippen LogP contribution in [0.5, 0.6) is 11.5 Å². The Morgan fingerprint density at radius 3 is 2.93 bits per heavy atom. The number of phenolic OH excluding ortho intramolecular Hbond substituents is 1. The normalized spacial score (nSPS) is 10.3. The summed E-state index contributed by atoms with van der Waals surface area (Å²) in [5.74, 6) is 0.413. The minimum absolute atomic E-state index is 0.0740. The molecule has 15 heavy (non-hydrogen) atoms. The van der Waals surface area contributed by atoms with Gasteiger partial charge in [-0.15, -0.1) is 0 Å². The van der Waals surface area contributed by atoms with E-state index < -0.39 is 0 Å². The molecule has 0 aliphatic carbocycles. The van der Waals surface area contributed by atoms with Gasteiger partial charge in [-0.1, -0.05) is 0 Å². The van der Waals surface area contributed by atoms with E-state index >= 15 is 0 Å². The Hall–Kier alpha value is -2.04. The van der Waals surface area contributed by atoms with Gasteiger partial charge in [-0.3, -0.25) is 4.79 Å². The second kappa shape index (κ2) is 4.99. The lowest BCUT2D eigenvalue weighted by Crippen LogP contribution is -2.12. The van der Waals surface area contributed by atoms with Crippen molar-refractivity contribution in [2.45, 2.75) is 6.92 Å². The number of ether oxygens (including phenoxy) is 1. The first-order chi connectivity index (χ1) is 7.13. The molecular formula is C10H12N2O3. The smallest absolute Gasteiger partial charge is 0.236 e. The molecule has 0 radical (unpaired) electrons. The predicted octanol–water partition coefficient (Wildman–Crippen LogP) is 0.871. The molecule has 0 atom stereocenters. The average Bonchev–Trinajstić information content (AvgIpc) is 2.20. The topological polar surface area (TPSA) is 70.9 Å². The van der Waals surface area contributed by atoms with Crippen LogP contribution in [-0.2, 0) is 4.79 Å². The van der Waals surface area contributed by atoms with Gasteiger partial charge in [0.2, 0.25) is 5.91 Å². The monoisotopic (exact) mass is 208 g/mol. The summed E-state index contributed by atoms with van der Waals surface area (Å²) >= 11 is 0. The standard InChI is InChI=1S/C10H12N2O3/c1-7(13)12-11-6-8-5-9(15-2)3-4-10(8)14/h3-6,14H,1-2H3,(H,12,13)/b11-6+. The fourth-order valence-electron chi connectivity index (χ4n) is 0.956. The molecule has 0 saturated heterocycles. The Kier molecular flexibility index (Phi) is 3.68. The number of hydrogen-bond donors (Lipinski definition) is 2. The Bertz CT molecular complexity index is 388. The van der Waals surface area contributed by atoms with Crippen LogP contribution in [0.3, 0.4) is 0 Å². The first-order valence-corrected chi connectivity index (χ1v) is 4.30. The lowest BCUT2D eigenvalue weighted by atomic mass is 10.2. The van der Waals surface area contributed by atoms with E-state index in [2.05, 4.69) is 10.5 Å². The van der Waals surface area contributed by atoms with Crippen molar-refractivity contribution < 1.29 is 14.6 Å². The summed E-state index contributed by atoms with van der Waals surface area (Å²) in [5, 5.41) is 13.1. The molecule has 1 amide bonds. The molecule has 0 aromatic heterocycles. The third kappa shape index (κ3) is 3.30. The SMILES string of the molecule is COc1ccc(O)c(/C=N/NC(C)=O)c1. The van der Waals surface area contributed by atoms with Crippen molar-refractivity contribution in [3.63, 3.8) is 0 Å². The van der Waals surface area contributed by atoms with E-state index in [-0.39, 0.29) is 11.7 Å². The van der Waals surface area contributed by atoms with Gasteiger partial charge in [0.25, 0.3) is 0 Å². The number of aromatic hydroxyl groups is 1. The van der Waals surface area contributed by atoms with Gasteiger partial charge in [-0.25, -0.2) is 5.43 Å². The molecule has 5 heteroatoms. The van der Waals surface area contributed by atoms with Crippen LogP contribution in [0.25, 0.3) is 0 Å². The molecule has 80 valence electrons. The highest BCUT2D eigenvalue weighted by molar-refractivity contribution is 5.85. The van der Waals surface area contributed by atoms with Gasteiger partial charge in [0.05, 0.1) is 13.3 Å². The Balaban J connectivity index is 2.83. The molecule has 0 spiro atoms. The van der Waals surface area contributed by atoms with E-state index in [1.165, 1.54) is 26.3 Å². The number of amides is 1. The fraction of sp³-hybridized carbons (Fsp3) is 0.200. The van der Waals surface area contributed by atoms with E-state index in [4.69, 9.17) is 4.74 Å². The van der Waals surface area contributed by atoms with Crippen LogP contribution in [0.4, 0.5) is 0 Å². The number of carbonyl (C=O) groups is 1. The van der Waals surface area contributed by atoms with Gasteiger partial charge in [0.15, 0.2) is 0 Å². The molecule has 1 rings (SSSR count). The lowest BCUT2D eigenvalue weighted by Gasteiger charge is -2.02. The summed E-state index contributed by atoms with van der Waals surface area (Å²) in [5.41, 5.74) is 2.71. The predicted molar refractivity (Wildman–Crippen MR) is 56.1 cm³/mol. The Morgan fingerprint density at radius 1 is 1.60 bits per heavy atom.